The number of nitrogens with zero attached hydrogens (tertiary/aromatic N) is 3. The number of benzene rings is 1. The van der Waals surface area contributed by atoms with Crippen molar-refractivity contribution >= 4 is 17.5 Å². The minimum atomic E-state index is -0.314. The first kappa shape index (κ1) is 17.7. The molecule has 2 N–H and O–H groups in total. The van der Waals surface area contributed by atoms with Gasteiger partial charge in [-0.2, -0.15) is 0 Å². The Morgan fingerprint density at radius 1 is 1.08 bits per heavy atom. The maximum atomic E-state index is 13.0. The molecule has 3 rings (SSSR count). The number of primary amides is 1. The van der Waals surface area contributed by atoms with Crippen LogP contribution in [0.15, 0.2) is 24.3 Å². The summed E-state index contributed by atoms with van der Waals surface area (Å²) in [5, 5.41) is 0. The van der Waals surface area contributed by atoms with Gasteiger partial charge in [-0.15, -0.1) is 0 Å². The van der Waals surface area contributed by atoms with Gasteiger partial charge in [-0.25, -0.2) is 4.39 Å². The molecule has 7 heteroatoms. The zero-order valence-electron chi connectivity index (χ0n) is 14.4. The van der Waals surface area contributed by atoms with Gasteiger partial charge in [0.05, 0.1) is 12.5 Å². The number of piperidine rings is 1. The molecule has 6 nitrogen and oxygen atoms in total. The number of halogens is 1. The van der Waals surface area contributed by atoms with Gasteiger partial charge in [0.25, 0.3) is 0 Å². The highest BCUT2D eigenvalue weighted by Crippen LogP contribution is 2.18. The van der Waals surface area contributed by atoms with E-state index in [2.05, 4.69) is 9.80 Å². The third-order valence-corrected chi connectivity index (χ3v) is 5.10. The van der Waals surface area contributed by atoms with E-state index in [0.29, 0.717) is 19.6 Å². The van der Waals surface area contributed by atoms with E-state index in [-0.39, 0.29) is 23.5 Å². The first-order chi connectivity index (χ1) is 12.0. The predicted octanol–water partition coefficient (Wildman–Crippen LogP) is 0.672. The monoisotopic (exact) mass is 348 g/mol. The molecule has 2 fully saturated rings. The Balaban J connectivity index is 1.47. The Labute approximate surface area is 147 Å². The predicted molar refractivity (Wildman–Crippen MR) is 93.6 cm³/mol. The van der Waals surface area contributed by atoms with Crippen LogP contribution in [0.3, 0.4) is 0 Å². The van der Waals surface area contributed by atoms with Crippen LogP contribution in [0.5, 0.6) is 0 Å². The van der Waals surface area contributed by atoms with Crippen LogP contribution in [-0.2, 0) is 9.59 Å². The van der Waals surface area contributed by atoms with Crippen LogP contribution in [0.4, 0.5) is 10.1 Å². The van der Waals surface area contributed by atoms with Crippen LogP contribution in [0.2, 0.25) is 0 Å². The van der Waals surface area contributed by atoms with Crippen LogP contribution in [0, 0.1) is 11.7 Å². The molecule has 1 atom stereocenters. The first-order valence-corrected chi connectivity index (χ1v) is 8.83. The molecule has 0 radical (unpaired) electrons. The largest absolute Gasteiger partial charge is 0.369 e. The summed E-state index contributed by atoms with van der Waals surface area (Å²) >= 11 is 0. The molecule has 1 aromatic carbocycles. The van der Waals surface area contributed by atoms with Crippen LogP contribution >= 0.6 is 0 Å². The van der Waals surface area contributed by atoms with E-state index in [1.54, 1.807) is 17.0 Å². The number of likely N-dealkylation sites (tertiary alicyclic amines) is 1. The van der Waals surface area contributed by atoms with Crippen molar-refractivity contribution in [3.8, 4) is 0 Å². The molecular formula is C18H25FN4O2. The number of amides is 2. The summed E-state index contributed by atoms with van der Waals surface area (Å²) < 4.78 is 13.0. The van der Waals surface area contributed by atoms with Crippen LogP contribution < -0.4 is 10.6 Å². The van der Waals surface area contributed by atoms with Gasteiger partial charge in [0.15, 0.2) is 0 Å². The van der Waals surface area contributed by atoms with Crippen molar-refractivity contribution in [2.75, 3.05) is 50.7 Å². The van der Waals surface area contributed by atoms with Crippen LogP contribution in [0.25, 0.3) is 0 Å². The molecule has 1 aromatic rings. The van der Waals surface area contributed by atoms with Gasteiger partial charge < -0.3 is 15.5 Å². The molecule has 0 aromatic heterocycles. The maximum absolute atomic E-state index is 13.0. The second-order valence-corrected chi connectivity index (χ2v) is 6.82. The lowest BCUT2D eigenvalue weighted by atomic mass is 9.97. The summed E-state index contributed by atoms with van der Waals surface area (Å²) in [6, 6.07) is 6.51. The lowest BCUT2D eigenvalue weighted by Crippen LogP contribution is -2.52. The van der Waals surface area contributed by atoms with Crippen LogP contribution in [0.1, 0.15) is 12.8 Å². The Kier molecular flexibility index (Phi) is 5.53. The standard InChI is InChI=1S/C18H25FN4O2/c19-15-3-5-16(6-4-15)22-10-8-21(9-11-22)13-17(24)23-7-1-2-14(12-23)18(20)25/h3-6,14H,1-2,7-13H2,(H2,20,25)/t14-/m0/s1. The molecule has 0 unspecified atom stereocenters. The Bertz CT molecular complexity index is 614. The van der Waals surface area contributed by atoms with Crippen molar-refractivity contribution in [2.24, 2.45) is 11.7 Å². The molecule has 2 aliphatic rings. The highest BCUT2D eigenvalue weighted by molar-refractivity contribution is 5.81. The molecule has 0 saturated carbocycles. The topological polar surface area (TPSA) is 69.9 Å². The highest BCUT2D eigenvalue weighted by atomic mass is 19.1. The van der Waals surface area contributed by atoms with Gasteiger partial charge in [0.2, 0.25) is 11.8 Å². The van der Waals surface area contributed by atoms with Crippen molar-refractivity contribution in [1.29, 1.82) is 0 Å². The zero-order valence-corrected chi connectivity index (χ0v) is 14.4. The Hall–Kier alpha value is -2.15. The number of hydrogen-bond acceptors (Lipinski definition) is 4. The van der Waals surface area contributed by atoms with Gasteiger partial charge in [-0.3, -0.25) is 14.5 Å². The van der Waals surface area contributed by atoms with Crippen molar-refractivity contribution in [3.63, 3.8) is 0 Å². The number of hydrogen-bond donors (Lipinski definition) is 1. The molecule has 136 valence electrons. The minimum Gasteiger partial charge on any atom is -0.369 e. The molecule has 0 bridgehead atoms. The molecule has 2 amide bonds. The van der Waals surface area contributed by atoms with E-state index >= 15 is 0 Å². The minimum absolute atomic E-state index is 0.0705. The molecule has 0 aliphatic carbocycles. The fourth-order valence-electron chi connectivity index (χ4n) is 3.54. The summed E-state index contributed by atoms with van der Waals surface area (Å²) in [5.41, 5.74) is 6.38. The molecule has 2 aliphatic heterocycles. The lowest BCUT2D eigenvalue weighted by molar-refractivity contribution is -0.136. The van der Waals surface area contributed by atoms with E-state index in [0.717, 1.165) is 44.7 Å². The average Bonchev–Trinajstić information content (AvgIpc) is 2.63. The van der Waals surface area contributed by atoms with E-state index < -0.39 is 0 Å². The highest BCUT2D eigenvalue weighted by Gasteiger charge is 2.28. The Morgan fingerprint density at radius 3 is 2.40 bits per heavy atom. The lowest BCUT2D eigenvalue weighted by Gasteiger charge is -2.37. The smallest absolute Gasteiger partial charge is 0.236 e. The quantitative estimate of drug-likeness (QED) is 0.868. The van der Waals surface area contributed by atoms with Crippen LogP contribution in [-0.4, -0.2) is 67.4 Å². The van der Waals surface area contributed by atoms with E-state index in [4.69, 9.17) is 5.73 Å². The van der Waals surface area contributed by atoms with Gasteiger partial charge in [-0.1, -0.05) is 0 Å². The summed E-state index contributed by atoms with van der Waals surface area (Å²) in [5.74, 6) is -0.691. The number of piperazine rings is 1. The fraction of sp³-hybridized carbons (Fsp3) is 0.556. The second-order valence-electron chi connectivity index (χ2n) is 6.82. The van der Waals surface area contributed by atoms with E-state index in [1.807, 2.05) is 0 Å². The summed E-state index contributed by atoms with van der Waals surface area (Å²) in [4.78, 5) is 30.0. The van der Waals surface area contributed by atoms with Crippen molar-refractivity contribution < 1.29 is 14.0 Å². The molecule has 25 heavy (non-hydrogen) atoms. The summed E-state index contributed by atoms with van der Waals surface area (Å²) in [6.45, 7) is 4.72. The molecule has 0 spiro atoms. The van der Waals surface area contributed by atoms with Crippen molar-refractivity contribution in [1.82, 2.24) is 9.80 Å². The fourth-order valence-corrected chi connectivity index (χ4v) is 3.54. The normalized spacial score (nSPS) is 22.0. The second kappa shape index (κ2) is 7.82. The summed E-state index contributed by atoms with van der Waals surface area (Å²) in [7, 11) is 0. The number of carbonyl (C=O) groups is 2. The number of carbonyl (C=O) groups excluding carboxylic acids is 2. The first-order valence-electron chi connectivity index (χ1n) is 8.83. The molecule has 2 heterocycles. The third-order valence-electron chi connectivity index (χ3n) is 5.10. The SMILES string of the molecule is NC(=O)[C@H]1CCCN(C(=O)CN2CCN(c3ccc(F)cc3)CC2)C1. The zero-order chi connectivity index (χ0) is 17.8. The van der Waals surface area contributed by atoms with Crippen molar-refractivity contribution in [2.45, 2.75) is 12.8 Å². The van der Waals surface area contributed by atoms with Gasteiger partial charge in [0.1, 0.15) is 5.82 Å². The summed E-state index contributed by atoms with van der Waals surface area (Å²) in [6.07, 6.45) is 1.60. The molecule has 2 saturated heterocycles. The number of anilines is 1. The Morgan fingerprint density at radius 2 is 1.76 bits per heavy atom. The third kappa shape index (κ3) is 4.48. The maximum Gasteiger partial charge on any atom is 0.236 e. The average molecular weight is 348 g/mol. The molecular weight excluding hydrogens is 323 g/mol. The van der Waals surface area contributed by atoms with Gasteiger partial charge in [0, 0.05) is 45.0 Å². The van der Waals surface area contributed by atoms with Crippen molar-refractivity contribution in [3.05, 3.63) is 30.1 Å². The van der Waals surface area contributed by atoms with E-state index in [9.17, 15) is 14.0 Å². The van der Waals surface area contributed by atoms with E-state index in [1.165, 1.54) is 12.1 Å². The van der Waals surface area contributed by atoms with Gasteiger partial charge in [-0.05, 0) is 37.1 Å². The number of nitrogens with two attached hydrogens (primary N) is 1. The van der Waals surface area contributed by atoms with Gasteiger partial charge >= 0.3 is 0 Å². The number of rotatable bonds is 4.